The van der Waals surface area contributed by atoms with E-state index in [2.05, 4.69) is 0 Å². The van der Waals surface area contributed by atoms with Gasteiger partial charge in [-0.15, -0.1) is 0 Å². The molecule has 0 N–H and O–H groups in total. The molecule has 0 aliphatic rings. The Labute approximate surface area is 117 Å². The van der Waals surface area contributed by atoms with Crippen LogP contribution in [0.15, 0.2) is 48.5 Å². The van der Waals surface area contributed by atoms with Crippen molar-refractivity contribution in [2.75, 3.05) is 20.3 Å². The van der Waals surface area contributed by atoms with Gasteiger partial charge >= 0.3 is 0 Å². The van der Waals surface area contributed by atoms with Crippen LogP contribution in [0.3, 0.4) is 0 Å². The van der Waals surface area contributed by atoms with Gasteiger partial charge in [0.05, 0.1) is 6.61 Å². The molecule has 2 aromatic rings. The second kappa shape index (κ2) is 6.82. The molecule has 0 spiro atoms. The third kappa shape index (κ3) is 3.65. The van der Waals surface area contributed by atoms with Gasteiger partial charge < -0.3 is 9.47 Å². The van der Waals surface area contributed by atoms with Crippen LogP contribution >= 0.6 is 0 Å². The highest BCUT2D eigenvalue weighted by molar-refractivity contribution is 6.08. The van der Waals surface area contributed by atoms with Crippen LogP contribution in [0.1, 0.15) is 15.9 Å². The predicted molar refractivity (Wildman–Crippen MR) is 73.6 cm³/mol. The fourth-order valence-electron chi connectivity index (χ4n) is 1.71. The molecule has 20 heavy (non-hydrogen) atoms. The molecule has 4 heteroatoms. The Morgan fingerprint density at radius 1 is 0.950 bits per heavy atom. The Kier molecular flexibility index (Phi) is 4.85. The first-order valence-corrected chi connectivity index (χ1v) is 6.23. The number of rotatable bonds is 6. The molecule has 2 aromatic carbocycles. The molecule has 0 amide bonds. The van der Waals surface area contributed by atoms with Gasteiger partial charge in [-0.3, -0.25) is 4.79 Å². The fraction of sp³-hybridized carbons (Fsp3) is 0.188. The summed E-state index contributed by atoms with van der Waals surface area (Å²) in [6.45, 7) is 0.970. The number of methoxy groups -OCH3 is 1. The smallest absolute Gasteiger partial charge is 0.193 e. The SMILES string of the molecule is COCCOc1ccc(C(=O)c2ccc(F)cc2)cc1. The molecule has 0 radical (unpaired) electrons. The summed E-state index contributed by atoms with van der Waals surface area (Å²) in [5.74, 6) is 0.176. The minimum atomic E-state index is -0.358. The third-order valence-corrected chi connectivity index (χ3v) is 2.78. The summed E-state index contributed by atoms with van der Waals surface area (Å²) in [5.41, 5.74) is 0.996. The molecule has 0 aliphatic carbocycles. The summed E-state index contributed by atoms with van der Waals surface area (Å²) in [4.78, 5) is 12.1. The number of carbonyl (C=O) groups is 1. The molecule has 0 heterocycles. The van der Waals surface area contributed by atoms with Crippen molar-refractivity contribution < 1.29 is 18.7 Å². The summed E-state index contributed by atoms with van der Waals surface area (Å²) in [7, 11) is 1.60. The van der Waals surface area contributed by atoms with Gasteiger partial charge in [-0.05, 0) is 48.5 Å². The zero-order chi connectivity index (χ0) is 14.4. The van der Waals surface area contributed by atoms with E-state index in [0.29, 0.717) is 30.1 Å². The minimum absolute atomic E-state index is 0.145. The number of halogens is 1. The average Bonchev–Trinajstić information content (AvgIpc) is 2.48. The normalized spacial score (nSPS) is 10.3. The molecule has 2 rings (SSSR count). The van der Waals surface area contributed by atoms with Crippen LogP contribution in [0, 0.1) is 5.82 Å². The van der Waals surface area contributed by atoms with E-state index in [4.69, 9.17) is 9.47 Å². The number of hydrogen-bond acceptors (Lipinski definition) is 3. The first-order valence-electron chi connectivity index (χ1n) is 6.23. The van der Waals surface area contributed by atoms with Gasteiger partial charge in [0.25, 0.3) is 0 Å². The average molecular weight is 274 g/mol. The Balaban J connectivity index is 2.05. The molecule has 0 bridgehead atoms. The summed E-state index contributed by atoms with van der Waals surface area (Å²) in [6, 6.07) is 12.3. The summed E-state index contributed by atoms with van der Waals surface area (Å²) >= 11 is 0. The molecule has 0 aromatic heterocycles. The van der Waals surface area contributed by atoms with Crippen molar-refractivity contribution in [3.63, 3.8) is 0 Å². The minimum Gasteiger partial charge on any atom is -0.491 e. The second-order valence-corrected chi connectivity index (χ2v) is 4.20. The topological polar surface area (TPSA) is 35.5 Å². The quantitative estimate of drug-likeness (QED) is 0.600. The molecule has 0 saturated carbocycles. The lowest BCUT2D eigenvalue weighted by Gasteiger charge is -2.06. The van der Waals surface area contributed by atoms with Gasteiger partial charge in [-0.25, -0.2) is 4.39 Å². The van der Waals surface area contributed by atoms with Crippen LogP contribution in [-0.4, -0.2) is 26.1 Å². The Morgan fingerprint density at radius 2 is 1.50 bits per heavy atom. The van der Waals surface area contributed by atoms with Crippen LogP contribution in [0.25, 0.3) is 0 Å². The zero-order valence-electron chi connectivity index (χ0n) is 11.1. The van der Waals surface area contributed by atoms with Crippen molar-refractivity contribution in [3.05, 3.63) is 65.5 Å². The molecule has 0 unspecified atom stereocenters. The lowest BCUT2D eigenvalue weighted by molar-refractivity contribution is 0.103. The van der Waals surface area contributed by atoms with E-state index in [1.54, 1.807) is 31.4 Å². The van der Waals surface area contributed by atoms with Crippen LogP contribution in [0.2, 0.25) is 0 Å². The molecule has 0 fully saturated rings. The lowest BCUT2D eigenvalue weighted by Crippen LogP contribution is -2.05. The number of ether oxygens (including phenoxy) is 2. The maximum atomic E-state index is 12.8. The number of carbonyl (C=O) groups excluding carboxylic acids is 1. The van der Waals surface area contributed by atoms with E-state index < -0.39 is 0 Å². The largest absolute Gasteiger partial charge is 0.491 e. The van der Waals surface area contributed by atoms with Crippen LogP contribution < -0.4 is 4.74 Å². The molecule has 0 aliphatic heterocycles. The molecule has 0 saturated heterocycles. The predicted octanol–water partition coefficient (Wildman–Crippen LogP) is 3.08. The van der Waals surface area contributed by atoms with Crippen LogP contribution in [0.4, 0.5) is 4.39 Å². The van der Waals surface area contributed by atoms with Crippen LogP contribution in [0.5, 0.6) is 5.75 Å². The monoisotopic (exact) mass is 274 g/mol. The van der Waals surface area contributed by atoms with Gasteiger partial charge in [-0.2, -0.15) is 0 Å². The summed E-state index contributed by atoms with van der Waals surface area (Å²) in [6.07, 6.45) is 0. The Bertz CT molecular complexity index is 561. The maximum absolute atomic E-state index is 12.8. The second-order valence-electron chi connectivity index (χ2n) is 4.20. The standard InChI is InChI=1S/C16H15FO3/c1-19-10-11-20-15-8-4-13(5-9-15)16(18)12-2-6-14(17)7-3-12/h2-9H,10-11H2,1H3. The van der Waals surface area contributed by atoms with Crippen molar-refractivity contribution in [2.45, 2.75) is 0 Å². The number of ketones is 1. The molecular weight excluding hydrogens is 259 g/mol. The third-order valence-electron chi connectivity index (χ3n) is 2.78. The molecular formula is C16H15FO3. The fourth-order valence-corrected chi connectivity index (χ4v) is 1.71. The van der Waals surface area contributed by atoms with Crippen molar-refractivity contribution >= 4 is 5.78 Å². The summed E-state index contributed by atoms with van der Waals surface area (Å²) < 4.78 is 23.1. The van der Waals surface area contributed by atoms with E-state index in [-0.39, 0.29) is 11.6 Å². The molecule has 3 nitrogen and oxygen atoms in total. The van der Waals surface area contributed by atoms with E-state index in [1.807, 2.05) is 0 Å². The zero-order valence-corrected chi connectivity index (χ0v) is 11.1. The molecule has 104 valence electrons. The van der Waals surface area contributed by atoms with E-state index in [1.165, 1.54) is 24.3 Å². The Hall–Kier alpha value is -2.20. The van der Waals surface area contributed by atoms with Crippen molar-refractivity contribution in [3.8, 4) is 5.75 Å². The van der Waals surface area contributed by atoms with Gasteiger partial charge in [0.1, 0.15) is 18.2 Å². The van der Waals surface area contributed by atoms with Crippen LogP contribution in [-0.2, 0) is 4.74 Å². The highest BCUT2D eigenvalue weighted by Gasteiger charge is 2.09. The first kappa shape index (κ1) is 14.2. The molecule has 0 atom stereocenters. The highest BCUT2D eigenvalue weighted by atomic mass is 19.1. The van der Waals surface area contributed by atoms with E-state index in [0.717, 1.165) is 0 Å². The Morgan fingerprint density at radius 3 is 2.05 bits per heavy atom. The van der Waals surface area contributed by atoms with Crippen molar-refractivity contribution in [1.82, 2.24) is 0 Å². The van der Waals surface area contributed by atoms with Gasteiger partial charge in [-0.1, -0.05) is 0 Å². The first-order chi connectivity index (χ1) is 9.70. The van der Waals surface area contributed by atoms with Crippen molar-refractivity contribution in [2.24, 2.45) is 0 Å². The maximum Gasteiger partial charge on any atom is 0.193 e. The van der Waals surface area contributed by atoms with E-state index >= 15 is 0 Å². The van der Waals surface area contributed by atoms with E-state index in [9.17, 15) is 9.18 Å². The lowest BCUT2D eigenvalue weighted by atomic mass is 10.0. The van der Waals surface area contributed by atoms with Gasteiger partial charge in [0, 0.05) is 18.2 Å². The number of benzene rings is 2. The van der Waals surface area contributed by atoms with Gasteiger partial charge in [0.2, 0.25) is 0 Å². The van der Waals surface area contributed by atoms with Gasteiger partial charge in [0.15, 0.2) is 5.78 Å². The van der Waals surface area contributed by atoms with Crippen molar-refractivity contribution in [1.29, 1.82) is 0 Å². The number of hydrogen-bond donors (Lipinski definition) is 0. The highest BCUT2D eigenvalue weighted by Crippen LogP contribution is 2.15. The summed E-state index contributed by atoms with van der Waals surface area (Å²) in [5, 5.41) is 0.